The van der Waals surface area contributed by atoms with Crippen molar-refractivity contribution >= 4 is 0 Å². The van der Waals surface area contributed by atoms with Crippen molar-refractivity contribution in [2.75, 3.05) is 0 Å². The van der Waals surface area contributed by atoms with Crippen molar-refractivity contribution in [3.05, 3.63) is 61.2 Å². The van der Waals surface area contributed by atoms with Gasteiger partial charge in [-0.15, -0.1) is 0 Å². The van der Waals surface area contributed by atoms with E-state index in [9.17, 15) is 0 Å². The predicted octanol–water partition coefficient (Wildman–Crippen LogP) is -4.97. The second-order valence-electron chi connectivity index (χ2n) is 3.08. The molecule has 0 radical (unpaired) electrons. The van der Waals surface area contributed by atoms with Gasteiger partial charge in [0.05, 0.1) is 0 Å². The summed E-state index contributed by atoms with van der Waals surface area (Å²) < 4.78 is 4.00. The lowest BCUT2D eigenvalue weighted by atomic mass is 10.5. The molecule has 0 aliphatic carbocycles. The van der Waals surface area contributed by atoms with Crippen molar-refractivity contribution in [1.82, 2.24) is 0 Å². The maximum atomic E-state index is 2.00. The van der Waals surface area contributed by atoms with E-state index in [-0.39, 0.29) is 24.8 Å². The fraction of sp³-hybridized carbons (Fsp3) is 0.167. The highest BCUT2D eigenvalue weighted by Crippen LogP contribution is 1.72. The lowest BCUT2D eigenvalue weighted by Gasteiger charge is -1.77. The fourth-order valence-electron chi connectivity index (χ4n) is 0.969. The summed E-state index contributed by atoms with van der Waals surface area (Å²) in [6, 6.07) is 12.0. The van der Waals surface area contributed by atoms with E-state index < -0.39 is 0 Å². The largest absolute Gasteiger partial charge is 1.00 e. The van der Waals surface area contributed by atoms with Crippen LogP contribution in [0, 0.1) is 0 Å². The summed E-state index contributed by atoms with van der Waals surface area (Å²) in [5, 5.41) is 0. The Hall–Kier alpha value is -1.12. The van der Waals surface area contributed by atoms with Gasteiger partial charge in [-0.1, -0.05) is 12.1 Å². The second-order valence-corrected chi connectivity index (χ2v) is 3.08. The van der Waals surface area contributed by atoms with Crippen molar-refractivity contribution in [3.8, 4) is 0 Å². The highest BCUT2D eigenvalue weighted by molar-refractivity contribution is 4.83. The molecular weight excluding hydrogens is 243 g/mol. The van der Waals surface area contributed by atoms with Crippen molar-refractivity contribution in [2.45, 2.75) is 0 Å². The van der Waals surface area contributed by atoms with Gasteiger partial charge in [-0.25, -0.2) is 9.13 Å². The molecule has 0 bridgehead atoms. The summed E-state index contributed by atoms with van der Waals surface area (Å²) in [4.78, 5) is 0. The number of hydrogen-bond acceptors (Lipinski definition) is 0. The van der Waals surface area contributed by atoms with E-state index in [0.717, 1.165) is 0 Å². The van der Waals surface area contributed by atoms with Gasteiger partial charge in [-0.05, 0) is 0 Å². The molecule has 0 spiro atoms. The molecule has 0 aromatic carbocycles. The van der Waals surface area contributed by atoms with E-state index >= 15 is 0 Å². The van der Waals surface area contributed by atoms with Crippen LogP contribution in [0.25, 0.3) is 0 Å². The minimum atomic E-state index is 0. The Labute approximate surface area is 109 Å². The highest BCUT2D eigenvalue weighted by atomic mass is 35.5. The van der Waals surface area contributed by atoms with Crippen LogP contribution in [0.2, 0.25) is 0 Å². The smallest absolute Gasteiger partial charge is 0.168 e. The van der Waals surface area contributed by atoms with Crippen LogP contribution in [0.4, 0.5) is 0 Å². The summed E-state index contributed by atoms with van der Waals surface area (Å²) in [6.45, 7) is 0. The van der Waals surface area contributed by atoms with Crippen molar-refractivity contribution in [3.63, 3.8) is 0 Å². The molecule has 0 saturated carbocycles. The Morgan fingerprint density at radius 1 is 0.500 bits per heavy atom. The maximum absolute atomic E-state index is 2.00. The monoisotopic (exact) mass is 258 g/mol. The summed E-state index contributed by atoms with van der Waals surface area (Å²) in [5.74, 6) is 0. The molecule has 2 rings (SSSR count). The Kier molecular flexibility index (Phi) is 11.2. The Bertz CT molecular complexity index is 314. The van der Waals surface area contributed by atoms with Crippen LogP contribution in [-0.4, -0.2) is 0 Å². The van der Waals surface area contributed by atoms with Gasteiger partial charge in [0.2, 0.25) is 0 Å². The molecule has 2 aromatic rings. The van der Waals surface area contributed by atoms with Crippen LogP contribution in [0.3, 0.4) is 0 Å². The van der Waals surface area contributed by atoms with Crippen molar-refractivity contribution in [1.29, 1.82) is 0 Å². The van der Waals surface area contributed by atoms with Crippen LogP contribution in [-0.2, 0) is 14.1 Å². The number of nitrogens with zero attached hydrogens (tertiary/aromatic N) is 2. The molecule has 2 aromatic heterocycles. The average Bonchev–Trinajstić information content (AvgIpc) is 2.21. The molecule has 0 N–H and O–H groups in total. The quantitative estimate of drug-likeness (QED) is 0.419. The van der Waals surface area contributed by atoms with Crippen molar-refractivity contribution in [2.24, 2.45) is 14.1 Å². The van der Waals surface area contributed by atoms with E-state index in [0.29, 0.717) is 0 Å². The zero-order valence-corrected chi connectivity index (χ0v) is 10.9. The second kappa shape index (κ2) is 10.4. The zero-order valence-electron chi connectivity index (χ0n) is 9.42. The number of rotatable bonds is 0. The van der Waals surface area contributed by atoms with Gasteiger partial charge < -0.3 is 24.8 Å². The van der Waals surface area contributed by atoms with Crippen LogP contribution in [0.5, 0.6) is 0 Å². The summed E-state index contributed by atoms with van der Waals surface area (Å²) in [5.41, 5.74) is 0. The molecule has 0 atom stereocenters. The first kappa shape index (κ1) is 17.3. The zero-order chi connectivity index (χ0) is 10.2. The van der Waals surface area contributed by atoms with Gasteiger partial charge in [0.15, 0.2) is 24.8 Å². The van der Waals surface area contributed by atoms with Gasteiger partial charge in [0, 0.05) is 24.3 Å². The van der Waals surface area contributed by atoms with Crippen LogP contribution >= 0.6 is 0 Å². The van der Waals surface area contributed by atoms with E-state index in [1.807, 2.05) is 84.4 Å². The van der Waals surface area contributed by atoms with E-state index in [1.54, 1.807) is 0 Å². The highest BCUT2D eigenvalue weighted by Gasteiger charge is 1.79. The van der Waals surface area contributed by atoms with Crippen LogP contribution in [0.1, 0.15) is 0 Å². The molecule has 0 aliphatic rings. The summed E-state index contributed by atoms with van der Waals surface area (Å²) in [6.07, 6.45) is 8.00. The normalized spacial score (nSPS) is 7.62. The number of halogens is 2. The number of aryl methyl sites for hydroxylation is 2. The van der Waals surface area contributed by atoms with Crippen LogP contribution < -0.4 is 33.9 Å². The first-order valence-electron chi connectivity index (χ1n) is 4.59. The topological polar surface area (TPSA) is 7.76 Å². The van der Waals surface area contributed by atoms with E-state index in [4.69, 9.17) is 0 Å². The van der Waals surface area contributed by atoms with E-state index in [1.165, 1.54) is 0 Å². The molecule has 88 valence electrons. The number of pyridine rings is 2. The third kappa shape index (κ3) is 8.21. The summed E-state index contributed by atoms with van der Waals surface area (Å²) >= 11 is 0. The van der Waals surface area contributed by atoms with Gasteiger partial charge in [0.25, 0.3) is 0 Å². The third-order valence-corrected chi connectivity index (χ3v) is 1.73. The lowest BCUT2D eigenvalue weighted by Crippen LogP contribution is -3.00. The first-order valence-corrected chi connectivity index (χ1v) is 4.59. The van der Waals surface area contributed by atoms with Gasteiger partial charge in [-0.2, -0.15) is 0 Å². The molecular formula is C12H16Cl2N2. The van der Waals surface area contributed by atoms with Crippen LogP contribution in [0.15, 0.2) is 61.2 Å². The molecule has 0 aliphatic heterocycles. The standard InChI is InChI=1S/2C6H8N.2ClH/c2*1-7-5-3-2-4-6-7;;/h2*2-6H,1H3;2*1H/q2*+1;;/p-2. The SMILES string of the molecule is C[n+]1ccccc1.C[n+]1ccccc1.[Cl-].[Cl-]. The summed E-state index contributed by atoms with van der Waals surface area (Å²) in [7, 11) is 4.00. The first-order chi connectivity index (χ1) is 6.79. The minimum absolute atomic E-state index is 0. The molecule has 0 saturated heterocycles. The van der Waals surface area contributed by atoms with E-state index in [2.05, 4.69) is 0 Å². The molecule has 0 amide bonds. The van der Waals surface area contributed by atoms with Crippen molar-refractivity contribution < 1.29 is 33.9 Å². The minimum Gasteiger partial charge on any atom is -1.00 e. The Balaban J connectivity index is 0. The maximum Gasteiger partial charge on any atom is 0.168 e. The Morgan fingerprint density at radius 2 is 0.750 bits per heavy atom. The lowest BCUT2D eigenvalue weighted by molar-refractivity contribution is -0.671. The molecule has 2 nitrogen and oxygen atoms in total. The van der Waals surface area contributed by atoms with Gasteiger partial charge in [-0.3, -0.25) is 0 Å². The Morgan fingerprint density at radius 3 is 0.875 bits per heavy atom. The fourth-order valence-corrected chi connectivity index (χ4v) is 0.969. The molecule has 0 unspecified atom stereocenters. The third-order valence-electron chi connectivity index (χ3n) is 1.73. The average molecular weight is 259 g/mol. The molecule has 2 heterocycles. The predicted molar refractivity (Wildman–Crippen MR) is 55.2 cm³/mol. The van der Waals surface area contributed by atoms with Gasteiger partial charge >= 0.3 is 0 Å². The van der Waals surface area contributed by atoms with Gasteiger partial charge in [0.1, 0.15) is 14.1 Å². The number of hydrogen-bond donors (Lipinski definition) is 0. The molecule has 4 heteroatoms. The molecule has 16 heavy (non-hydrogen) atoms. The number of aromatic nitrogens is 2. The molecule has 0 fully saturated rings.